The number of aryl methyl sites for hydroxylation is 1. The number of Topliss-reactive ketones (excluding diaryl/α,β-unsaturated/α-hetero) is 1. The number of hydrogen-bond donors (Lipinski definition) is 1. The van der Waals surface area contributed by atoms with Crippen molar-refractivity contribution in [3.8, 4) is 0 Å². The standard InChI is InChI=1S/C25H33NO3/c1-6-7-8-13-29-24(28)21-17(3)26-19-14-25(4,5)15-20(27)23(19)22(21)18-11-9-16(2)10-12-18/h9-12,22,26H,6-8,13-15H2,1-5H3/t22-/m1/s1. The van der Waals surface area contributed by atoms with Crippen LogP contribution in [0.25, 0.3) is 0 Å². The number of ketones is 1. The third-order valence-corrected chi connectivity index (χ3v) is 5.85. The second-order valence-electron chi connectivity index (χ2n) is 9.18. The highest BCUT2D eigenvalue weighted by molar-refractivity contribution is 6.04. The van der Waals surface area contributed by atoms with E-state index in [-0.39, 0.29) is 23.1 Å². The summed E-state index contributed by atoms with van der Waals surface area (Å²) in [5, 5.41) is 3.39. The summed E-state index contributed by atoms with van der Waals surface area (Å²) in [6, 6.07) is 8.13. The van der Waals surface area contributed by atoms with E-state index in [4.69, 9.17) is 4.74 Å². The molecule has 1 heterocycles. The Morgan fingerprint density at radius 2 is 1.83 bits per heavy atom. The summed E-state index contributed by atoms with van der Waals surface area (Å²) in [7, 11) is 0. The Kier molecular flexibility index (Phi) is 6.30. The molecule has 156 valence electrons. The SMILES string of the molecule is CCCCCOC(=O)C1=C(C)NC2=C(C(=O)CC(C)(C)C2)[C@@H]1c1ccc(C)cc1. The molecule has 1 aromatic rings. The fourth-order valence-electron chi connectivity index (χ4n) is 4.39. The van der Waals surface area contributed by atoms with Gasteiger partial charge in [0.05, 0.1) is 12.2 Å². The smallest absolute Gasteiger partial charge is 0.336 e. The van der Waals surface area contributed by atoms with Crippen LogP contribution in [0.2, 0.25) is 0 Å². The van der Waals surface area contributed by atoms with Crippen LogP contribution in [-0.2, 0) is 14.3 Å². The Hall–Kier alpha value is -2.36. The lowest BCUT2D eigenvalue weighted by Gasteiger charge is -2.39. The highest BCUT2D eigenvalue weighted by atomic mass is 16.5. The fraction of sp³-hybridized carbons (Fsp3) is 0.520. The van der Waals surface area contributed by atoms with Gasteiger partial charge in [-0.15, -0.1) is 0 Å². The van der Waals surface area contributed by atoms with Gasteiger partial charge in [0.2, 0.25) is 0 Å². The maximum absolute atomic E-state index is 13.2. The molecular weight excluding hydrogens is 362 g/mol. The summed E-state index contributed by atoms with van der Waals surface area (Å²) < 4.78 is 5.61. The number of carbonyl (C=O) groups excluding carboxylic acids is 2. The zero-order valence-corrected chi connectivity index (χ0v) is 18.4. The molecule has 1 aliphatic heterocycles. The average Bonchev–Trinajstić information content (AvgIpc) is 2.63. The largest absolute Gasteiger partial charge is 0.462 e. The van der Waals surface area contributed by atoms with E-state index in [9.17, 15) is 9.59 Å². The predicted octanol–water partition coefficient (Wildman–Crippen LogP) is 5.33. The van der Waals surface area contributed by atoms with Crippen LogP contribution in [0.4, 0.5) is 0 Å². The molecule has 1 aliphatic carbocycles. The first kappa shape index (κ1) is 21.4. The summed E-state index contributed by atoms with van der Waals surface area (Å²) in [5.74, 6) is -0.562. The summed E-state index contributed by atoms with van der Waals surface area (Å²) in [6.07, 6.45) is 4.26. The normalized spacial score (nSPS) is 21.0. The summed E-state index contributed by atoms with van der Waals surface area (Å²) in [5.41, 5.74) is 5.09. The number of dihydropyridines is 1. The van der Waals surface area contributed by atoms with Gasteiger partial charge in [0, 0.05) is 29.3 Å². The molecule has 4 nitrogen and oxygen atoms in total. The summed E-state index contributed by atoms with van der Waals surface area (Å²) >= 11 is 0. The zero-order valence-electron chi connectivity index (χ0n) is 18.4. The van der Waals surface area contributed by atoms with Crippen LogP contribution in [0.1, 0.15) is 76.8 Å². The Morgan fingerprint density at radius 3 is 2.48 bits per heavy atom. The highest BCUT2D eigenvalue weighted by Crippen LogP contribution is 2.46. The van der Waals surface area contributed by atoms with Crippen LogP contribution in [0.3, 0.4) is 0 Å². The van der Waals surface area contributed by atoms with E-state index in [2.05, 4.69) is 26.1 Å². The monoisotopic (exact) mass is 395 g/mol. The quantitative estimate of drug-likeness (QED) is 0.522. The number of ether oxygens (including phenoxy) is 1. The maximum atomic E-state index is 13.2. The van der Waals surface area contributed by atoms with E-state index in [1.807, 2.05) is 38.1 Å². The van der Waals surface area contributed by atoms with E-state index in [0.717, 1.165) is 53.8 Å². The lowest BCUT2D eigenvalue weighted by atomic mass is 9.68. The molecule has 0 unspecified atom stereocenters. The molecule has 1 atom stereocenters. The van der Waals surface area contributed by atoms with Crippen LogP contribution in [0.15, 0.2) is 46.8 Å². The van der Waals surface area contributed by atoms with Gasteiger partial charge in [0.25, 0.3) is 0 Å². The number of benzene rings is 1. The Labute approximate surface area is 174 Å². The van der Waals surface area contributed by atoms with Crippen LogP contribution in [0, 0.1) is 12.3 Å². The van der Waals surface area contributed by atoms with Crippen LogP contribution in [-0.4, -0.2) is 18.4 Å². The molecular formula is C25H33NO3. The number of esters is 1. The highest BCUT2D eigenvalue weighted by Gasteiger charge is 2.43. The van der Waals surface area contributed by atoms with Gasteiger partial charge in [-0.25, -0.2) is 4.79 Å². The van der Waals surface area contributed by atoms with Crippen molar-refractivity contribution in [3.05, 3.63) is 57.9 Å². The number of unbranched alkanes of at least 4 members (excludes halogenated alkanes) is 2. The van der Waals surface area contributed by atoms with Crippen molar-refractivity contribution in [1.82, 2.24) is 5.32 Å². The minimum atomic E-state index is -0.367. The fourth-order valence-corrected chi connectivity index (χ4v) is 4.39. The lowest BCUT2D eigenvalue weighted by molar-refractivity contribution is -0.139. The molecule has 0 fully saturated rings. The van der Waals surface area contributed by atoms with Gasteiger partial charge in [-0.2, -0.15) is 0 Å². The molecule has 4 heteroatoms. The van der Waals surface area contributed by atoms with E-state index in [1.54, 1.807) is 0 Å². The Morgan fingerprint density at radius 1 is 1.14 bits per heavy atom. The van der Waals surface area contributed by atoms with Gasteiger partial charge in [0.15, 0.2) is 5.78 Å². The minimum absolute atomic E-state index is 0.0841. The van der Waals surface area contributed by atoms with Crippen molar-refractivity contribution in [3.63, 3.8) is 0 Å². The van der Waals surface area contributed by atoms with Crippen molar-refractivity contribution in [2.24, 2.45) is 5.41 Å². The molecule has 0 bridgehead atoms. The van der Waals surface area contributed by atoms with Crippen LogP contribution in [0.5, 0.6) is 0 Å². The van der Waals surface area contributed by atoms with Crippen LogP contribution < -0.4 is 5.32 Å². The van der Waals surface area contributed by atoms with Crippen LogP contribution >= 0.6 is 0 Å². The summed E-state index contributed by atoms with van der Waals surface area (Å²) in [4.78, 5) is 26.3. The van der Waals surface area contributed by atoms with Gasteiger partial charge < -0.3 is 10.1 Å². The number of allylic oxidation sites excluding steroid dienone is 3. The van der Waals surface area contributed by atoms with Crippen molar-refractivity contribution < 1.29 is 14.3 Å². The number of nitrogens with one attached hydrogen (secondary N) is 1. The van der Waals surface area contributed by atoms with Crippen molar-refractivity contribution >= 4 is 11.8 Å². The van der Waals surface area contributed by atoms with Gasteiger partial charge in [-0.05, 0) is 37.7 Å². The van der Waals surface area contributed by atoms with Gasteiger partial charge in [0.1, 0.15) is 0 Å². The van der Waals surface area contributed by atoms with E-state index in [1.165, 1.54) is 0 Å². The second kappa shape index (κ2) is 8.56. The first-order valence-electron chi connectivity index (χ1n) is 10.7. The van der Waals surface area contributed by atoms with E-state index in [0.29, 0.717) is 18.6 Å². The molecule has 0 saturated carbocycles. The molecule has 1 aromatic carbocycles. The first-order valence-corrected chi connectivity index (χ1v) is 10.7. The van der Waals surface area contributed by atoms with E-state index >= 15 is 0 Å². The number of carbonyl (C=O) groups is 2. The van der Waals surface area contributed by atoms with Gasteiger partial charge >= 0.3 is 5.97 Å². The van der Waals surface area contributed by atoms with Crippen molar-refractivity contribution in [2.45, 2.75) is 72.6 Å². The lowest BCUT2D eigenvalue weighted by Crippen LogP contribution is -2.38. The van der Waals surface area contributed by atoms with Gasteiger partial charge in [-0.1, -0.05) is 63.4 Å². The second-order valence-corrected chi connectivity index (χ2v) is 9.18. The zero-order chi connectivity index (χ0) is 21.2. The third-order valence-electron chi connectivity index (χ3n) is 5.85. The van der Waals surface area contributed by atoms with Crippen molar-refractivity contribution in [2.75, 3.05) is 6.61 Å². The van der Waals surface area contributed by atoms with E-state index < -0.39 is 0 Å². The number of rotatable bonds is 6. The van der Waals surface area contributed by atoms with Crippen molar-refractivity contribution in [1.29, 1.82) is 0 Å². The molecule has 29 heavy (non-hydrogen) atoms. The number of hydrogen-bond acceptors (Lipinski definition) is 4. The molecule has 0 spiro atoms. The molecule has 2 aliphatic rings. The molecule has 0 aromatic heterocycles. The Balaban J connectivity index is 2.01. The first-order chi connectivity index (χ1) is 13.7. The minimum Gasteiger partial charge on any atom is -0.462 e. The predicted molar refractivity (Wildman–Crippen MR) is 115 cm³/mol. The average molecular weight is 396 g/mol. The molecule has 3 rings (SSSR count). The van der Waals surface area contributed by atoms with Gasteiger partial charge in [-0.3, -0.25) is 4.79 Å². The maximum Gasteiger partial charge on any atom is 0.336 e. The molecule has 0 saturated heterocycles. The third kappa shape index (κ3) is 4.63. The molecule has 0 amide bonds. The molecule has 1 N–H and O–H groups in total. The summed E-state index contributed by atoms with van der Waals surface area (Å²) in [6.45, 7) is 10.7. The topological polar surface area (TPSA) is 55.4 Å². The molecule has 0 radical (unpaired) electrons. The Bertz CT molecular complexity index is 859.